The van der Waals surface area contributed by atoms with Crippen molar-refractivity contribution in [3.8, 4) is 5.75 Å². The maximum Gasteiger partial charge on any atom is 0.124 e. The molecule has 0 aliphatic heterocycles. The Morgan fingerprint density at radius 2 is 1.90 bits per heavy atom. The minimum absolute atomic E-state index is 0.0114. The minimum atomic E-state index is 0.0114. The van der Waals surface area contributed by atoms with Gasteiger partial charge in [-0.05, 0) is 43.7 Å². The first-order valence-electron chi connectivity index (χ1n) is 7.41. The number of nitrogens with one attached hydrogen (secondary N) is 1. The molecule has 2 aromatic carbocycles. The van der Waals surface area contributed by atoms with Crippen molar-refractivity contribution in [2.75, 3.05) is 6.54 Å². The van der Waals surface area contributed by atoms with Crippen molar-refractivity contribution in [3.05, 3.63) is 64.7 Å². The van der Waals surface area contributed by atoms with E-state index in [4.69, 9.17) is 16.3 Å². The highest BCUT2D eigenvalue weighted by Gasteiger charge is 2.10. The van der Waals surface area contributed by atoms with Crippen LogP contribution in [0.5, 0.6) is 5.75 Å². The summed E-state index contributed by atoms with van der Waals surface area (Å²) < 4.78 is 6.12. The van der Waals surface area contributed by atoms with E-state index in [1.54, 1.807) is 0 Å². The molecule has 2 nitrogen and oxygen atoms in total. The van der Waals surface area contributed by atoms with E-state index in [1.807, 2.05) is 36.4 Å². The van der Waals surface area contributed by atoms with Crippen LogP contribution in [0, 0.1) is 0 Å². The summed E-state index contributed by atoms with van der Waals surface area (Å²) in [5, 5.41) is 4.13. The van der Waals surface area contributed by atoms with E-state index in [-0.39, 0.29) is 6.10 Å². The van der Waals surface area contributed by atoms with Crippen molar-refractivity contribution in [3.63, 3.8) is 0 Å². The summed E-state index contributed by atoms with van der Waals surface area (Å²) in [5.74, 6) is 0.888. The van der Waals surface area contributed by atoms with E-state index in [2.05, 4.69) is 31.3 Å². The molecule has 21 heavy (non-hydrogen) atoms. The second-order valence-corrected chi connectivity index (χ2v) is 5.54. The summed E-state index contributed by atoms with van der Waals surface area (Å²) in [5.41, 5.74) is 2.26. The monoisotopic (exact) mass is 303 g/mol. The molecule has 0 bridgehead atoms. The van der Waals surface area contributed by atoms with Gasteiger partial charge in [0, 0.05) is 17.1 Å². The Morgan fingerprint density at radius 3 is 2.62 bits per heavy atom. The predicted molar refractivity (Wildman–Crippen MR) is 88.9 cm³/mol. The first-order valence-corrected chi connectivity index (χ1v) is 7.79. The fraction of sp³-hybridized carbons (Fsp3) is 0.333. The molecular formula is C18H22ClNO. The summed E-state index contributed by atoms with van der Waals surface area (Å²) in [6.07, 6.45) is 1.12. The number of ether oxygens (including phenoxy) is 1. The number of hydrogen-bond donors (Lipinski definition) is 1. The van der Waals surface area contributed by atoms with Crippen LogP contribution in [0.25, 0.3) is 0 Å². The smallest absolute Gasteiger partial charge is 0.124 e. The lowest BCUT2D eigenvalue weighted by Gasteiger charge is -2.18. The van der Waals surface area contributed by atoms with E-state index in [0.717, 1.165) is 35.8 Å². The van der Waals surface area contributed by atoms with Gasteiger partial charge in [-0.1, -0.05) is 48.9 Å². The van der Waals surface area contributed by atoms with Crippen molar-refractivity contribution >= 4 is 11.6 Å². The Balaban J connectivity index is 2.11. The van der Waals surface area contributed by atoms with Crippen LogP contribution in [0.2, 0.25) is 5.02 Å². The second-order valence-electron chi connectivity index (χ2n) is 5.10. The highest BCUT2D eigenvalue weighted by Crippen LogP contribution is 2.27. The van der Waals surface area contributed by atoms with E-state index in [9.17, 15) is 0 Å². The third-order valence-electron chi connectivity index (χ3n) is 3.34. The third-order valence-corrected chi connectivity index (χ3v) is 3.57. The summed E-state index contributed by atoms with van der Waals surface area (Å²) >= 11 is 6.10. The van der Waals surface area contributed by atoms with Gasteiger partial charge in [0.15, 0.2) is 0 Å². The van der Waals surface area contributed by atoms with Gasteiger partial charge < -0.3 is 10.1 Å². The van der Waals surface area contributed by atoms with Gasteiger partial charge in [-0.15, -0.1) is 0 Å². The Morgan fingerprint density at radius 1 is 1.14 bits per heavy atom. The van der Waals surface area contributed by atoms with E-state index in [1.165, 1.54) is 5.56 Å². The van der Waals surface area contributed by atoms with Gasteiger partial charge in [0.2, 0.25) is 0 Å². The Kier molecular flexibility index (Phi) is 6.09. The molecule has 2 rings (SSSR count). The SMILES string of the molecule is CCCNCc1cc(Cl)ccc1OC(C)c1ccccc1. The van der Waals surface area contributed by atoms with Crippen LogP contribution >= 0.6 is 11.6 Å². The van der Waals surface area contributed by atoms with Crippen LogP contribution in [0.15, 0.2) is 48.5 Å². The van der Waals surface area contributed by atoms with Crippen LogP contribution in [0.3, 0.4) is 0 Å². The molecule has 0 saturated heterocycles. The number of hydrogen-bond acceptors (Lipinski definition) is 2. The molecule has 2 aromatic rings. The minimum Gasteiger partial charge on any atom is -0.486 e. The molecule has 0 heterocycles. The molecule has 0 saturated carbocycles. The van der Waals surface area contributed by atoms with Crippen molar-refractivity contribution in [2.24, 2.45) is 0 Å². The van der Waals surface area contributed by atoms with Gasteiger partial charge in [0.05, 0.1) is 0 Å². The molecule has 0 fully saturated rings. The maximum absolute atomic E-state index is 6.12. The van der Waals surface area contributed by atoms with Gasteiger partial charge >= 0.3 is 0 Å². The molecule has 3 heteroatoms. The van der Waals surface area contributed by atoms with Gasteiger partial charge in [0.25, 0.3) is 0 Å². The molecule has 1 atom stereocenters. The van der Waals surface area contributed by atoms with Crippen molar-refractivity contribution < 1.29 is 4.74 Å². The van der Waals surface area contributed by atoms with Gasteiger partial charge in [-0.3, -0.25) is 0 Å². The molecule has 0 amide bonds. The highest BCUT2D eigenvalue weighted by atomic mass is 35.5. The van der Waals surface area contributed by atoms with Gasteiger partial charge in [0.1, 0.15) is 11.9 Å². The largest absolute Gasteiger partial charge is 0.486 e. The summed E-state index contributed by atoms with van der Waals surface area (Å²) in [6.45, 7) is 5.97. The van der Waals surface area contributed by atoms with E-state index in [0.29, 0.717) is 0 Å². The summed E-state index contributed by atoms with van der Waals surface area (Å²) in [6, 6.07) is 16.0. The van der Waals surface area contributed by atoms with Crippen molar-refractivity contribution in [1.82, 2.24) is 5.32 Å². The lowest BCUT2D eigenvalue weighted by Crippen LogP contribution is -2.15. The molecule has 1 unspecified atom stereocenters. The lowest BCUT2D eigenvalue weighted by molar-refractivity contribution is 0.224. The quantitative estimate of drug-likeness (QED) is 0.728. The molecule has 0 spiro atoms. The van der Waals surface area contributed by atoms with Crippen LogP contribution in [-0.2, 0) is 6.54 Å². The van der Waals surface area contributed by atoms with Gasteiger partial charge in [-0.2, -0.15) is 0 Å². The summed E-state index contributed by atoms with van der Waals surface area (Å²) in [4.78, 5) is 0. The van der Waals surface area contributed by atoms with E-state index < -0.39 is 0 Å². The first-order chi connectivity index (χ1) is 10.2. The van der Waals surface area contributed by atoms with Crippen LogP contribution in [0.4, 0.5) is 0 Å². The zero-order chi connectivity index (χ0) is 15.1. The molecule has 1 N–H and O–H groups in total. The lowest BCUT2D eigenvalue weighted by atomic mass is 10.1. The highest BCUT2D eigenvalue weighted by molar-refractivity contribution is 6.30. The fourth-order valence-corrected chi connectivity index (χ4v) is 2.38. The number of halogens is 1. The van der Waals surface area contributed by atoms with Gasteiger partial charge in [-0.25, -0.2) is 0 Å². The zero-order valence-corrected chi connectivity index (χ0v) is 13.4. The molecule has 0 radical (unpaired) electrons. The topological polar surface area (TPSA) is 21.3 Å². The Labute approximate surface area is 132 Å². The molecule has 0 aliphatic rings. The first kappa shape index (κ1) is 15.9. The Bertz CT molecular complexity index is 556. The molecular weight excluding hydrogens is 282 g/mol. The van der Waals surface area contributed by atoms with Crippen LogP contribution < -0.4 is 10.1 Å². The standard InChI is InChI=1S/C18H22ClNO/c1-3-11-20-13-16-12-17(19)9-10-18(16)21-14(2)15-7-5-4-6-8-15/h4-10,12,14,20H,3,11,13H2,1-2H3. The molecule has 112 valence electrons. The molecule has 0 aliphatic carbocycles. The average molecular weight is 304 g/mol. The maximum atomic E-state index is 6.12. The van der Waals surface area contributed by atoms with Crippen LogP contribution in [-0.4, -0.2) is 6.54 Å². The molecule has 0 aromatic heterocycles. The van der Waals surface area contributed by atoms with Crippen molar-refractivity contribution in [2.45, 2.75) is 32.9 Å². The average Bonchev–Trinajstić information content (AvgIpc) is 2.51. The summed E-state index contributed by atoms with van der Waals surface area (Å²) in [7, 11) is 0. The third kappa shape index (κ3) is 4.76. The van der Waals surface area contributed by atoms with E-state index >= 15 is 0 Å². The van der Waals surface area contributed by atoms with Crippen LogP contribution in [0.1, 0.15) is 37.5 Å². The van der Waals surface area contributed by atoms with Crippen molar-refractivity contribution in [1.29, 1.82) is 0 Å². The normalized spacial score (nSPS) is 12.1. The second kappa shape index (κ2) is 8.06. The number of benzene rings is 2. The predicted octanol–water partition coefficient (Wildman–Crippen LogP) is 4.98. The zero-order valence-electron chi connectivity index (χ0n) is 12.6. The number of rotatable bonds is 7. The Hall–Kier alpha value is -1.51. The fourth-order valence-electron chi connectivity index (χ4n) is 2.18.